The molecule has 0 amide bonds. The maximum absolute atomic E-state index is 15.2. The molecule has 0 saturated carbocycles. The molecule has 0 atom stereocenters. The van der Waals surface area contributed by atoms with Gasteiger partial charge in [0, 0.05) is 42.2 Å². The Bertz CT molecular complexity index is 1380. The van der Waals surface area contributed by atoms with Gasteiger partial charge in [-0.3, -0.25) is 0 Å². The number of nitrogens with zero attached hydrogens (tertiary/aromatic N) is 5. The lowest BCUT2D eigenvalue weighted by Gasteiger charge is -2.27. The zero-order chi connectivity index (χ0) is 25.8. The van der Waals surface area contributed by atoms with Crippen LogP contribution in [-0.4, -0.2) is 73.4 Å². The Kier molecular flexibility index (Phi) is 7.29. The van der Waals surface area contributed by atoms with E-state index in [1.54, 1.807) is 18.3 Å². The number of likely N-dealkylation sites (N-methyl/N-ethyl adjacent to an activating group) is 1. The van der Waals surface area contributed by atoms with E-state index in [2.05, 4.69) is 20.2 Å². The topological polar surface area (TPSA) is 102 Å². The number of hydrogen-bond acceptors (Lipinski definition) is 9. The minimum absolute atomic E-state index is 0.302. The third-order valence-corrected chi connectivity index (χ3v) is 6.13. The number of ether oxygens (including phenoxy) is 2. The highest BCUT2D eigenvalue weighted by Gasteiger charge is 2.16. The van der Waals surface area contributed by atoms with Crippen molar-refractivity contribution in [2.24, 2.45) is 0 Å². The number of aromatic nitrogens is 3. The van der Waals surface area contributed by atoms with Crippen LogP contribution in [0.1, 0.15) is 0 Å². The molecule has 1 aliphatic heterocycles. The summed E-state index contributed by atoms with van der Waals surface area (Å²) in [6.07, 6.45) is 1.73. The molecule has 5 rings (SSSR count). The number of morpholine rings is 1. The summed E-state index contributed by atoms with van der Waals surface area (Å²) in [6, 6.07) is 14.2. The molecule has 1 aliphatic rings. The summed E-state index contributed by atoms with van der Waals surface area (Å²) in [5.41, 5.74) is 8.58. The predicted octanol–water partition coefficient (Wildman–Crippen LogP) is 3.93. The first-order valence-corrected chi connectivity index (χ1v) is 12.2. The Balaban J connectivity index is 1.41. The molecule has 0 unspecified atom stereocenters. The standard InChI is InChI=1S/C27H30FN7O2/c1-34(2)10-15-37-19-7-8-20(23(28)16-19)21-4-3-5-22-25(21)32-27(33-26(22)29)31-18-6-9-24(30-17-18)35-11-13-36-14-12-35/h3-9,16-17H,10-15H2,1-2H3,(H3,29,31,32,33). The van der Waals surface area contributed by atoms with Gasteiger partial charge in [-0.1, -0.05) is 12.1 Å². The van der Waals surface area contributed by atoms with Crippen LogP contribution in [0.3, 0.4) is 0 Å². The normalized spacial score (nSPS) is 13.8. The van der Waals surface area contributed by atoms with Gasteiger partial charge >= 0.3 is 0 Å². The van der Waals surface area contributed by atoms with Gasteiger partial charge in [-0.15, -0.1) is 0 Å². The number of nitrogens with two attached hydrogens (primary N) is 1. The number of halogens is 1. The van der Waals surface area contributed by atoms with Gasteiger partial charge in [0.25, 0.3) is 0 Å². The van der Waals surface area contributed by atoms with Crippen molar-refractivity contribution in [3.8, 4) is 16.9 Å². The molecule has 3 heterocycles. The summed E-state index contributed by atoms with van der Waals surface area (Å²) >= 11 is 0. The average molecular weight is 504 g/mol. The third kappa shape index (κ3) is 5.71. The quantitative estimate of drug-likeness (QED) is 0.370. The van der Waals surface area contributed by atoms with Gasteiger partial charge in [-0.05, 0) is 44.4 Å². The number of rotatable bonds is 8. The van der Waals surface area contributed by atoms with Crippen LogP contribution in [0.2, 0.25) is 0 Å². The summed E-state index contributed by atoms with van der Waals surface area (Å²) in [7, 11) is 3.92. The van der Waals surface area contributed by atoms with Crippen LogP contribution in [0, 0.1) is 5.82 Å². The first-order chi connectivity index (χ1) is 18.0. The van der Waals surface area contributed by atoms with Crippen LogP contribution in [0.4, 0.5) is 27.7 Å². The first kappa shape index (κ1) is 24.7. The Morgan fingerprint density at radius 3 is 2.65 bits per heavy atom. The highest BCUT2D eigenvalue weighted by Crippen LogP contribution is 2.33. The van der Waals surface area contributed by atoms with Gasteiger partial charge < -0.3 is 30.3 Å². The molecule has 0 aliphatic carbocycles. The van der Waals surface area contributed by atoms with Crippen molar-refractivity contribution < 1.29 is 13.9 Å². The van der Waals surface area contributed by atoms with Gasteiger partial charge in [-0.2, -0.15) is 4.98 Å². The molecule has 0 bridgehead atoms. The molecule has 0 radical (unpaired) electrons. The molecular formula is C27H30FN7O2. The molecule has 2 aromatic carbocycles. The lowest BCUT2D eigenvalue weighted by Crippen LogP contribution is -2.36. The van der Waals surface area contributed by atoms with E-state index in [0.29, 0.717) is 59.4 Å². The SMILES string of the molecule is CN(C)CCOc1ccc(-c2cccc3c(N)nc(Nc4ccc(N5CCOCC5)nc4)nc23)c(F)c1. The van der Waals surface area contributed by atoms with Crippen molar-refractivity contribution in [3.63, 3.8) is 0 Å². The Hall–Kier alpha value is -4.02. The van der Waals surface area contributed by atoms with E-state index in [0.717, 1.165) is 31.1 Å². The lowest BCUT2D eigenvalue weighted by atomic mass is 10.0. The van der Waals surface area contributed by atoms with E-state index >= 15 is 4.39 Å². The highest BCUT2D eigenvalue weighted by atomic mass is 19.1. The fourth-order valence-corrected chi connectivity index (χ4v) is 4.17. The van der Waals surface area contributed by atoms with Gasteiger partial charge in [-0.25, -0.2) is 14.4 Å². The molecule has 1 fully saturated rings. The smallest absolute Gasteiger partial charge is 0.229 e. The second kappa shape index (κ2) is 10.9. The van der Waals surface area contributed by atoms with Crippen LogP contribution < -0.4 is 20.7 Å². The van der Waals surface area contributed by atoms with Crippen molar-refractivity contribution in [3.05, 3.63) is 60.5 Å². The predicted molar refractivity (Wildman–Crippen MR) is 144 cm³/mol. The maximum atomic E-state index is 15.2. The summed E-state index contributed by atoms with van der Waals surface area (Å²) in [5.74, 6) is 1.58. The molecule has 9 nitrogen and oxygen atoms in total. The fraction of sp³-hybridized carbons (Fsp3) is 0.296. The van der Waals surface area contributed by atoms with Crippen LogP contribution in [0.5, 0.6) is 5.75 Å². The minimum atomic E-state index is -0.399. The monoisotopic (exact) mass is 503 g/mol. The molecule has 0 spiro atoms. The highest BCUT2D eigenvalue weighted by molar-refractivity contribution is 5.99. The van der Waals surface area contributed by atoms with Crippen molar-refractivity contribution in [2.45, 2.75) is 0 Å². The molecule has 3 N–H and O–H groups in total. The first-order valence-electron chi connectivity index (χ1n) is 12.2. The number of anilines is 4. The summed E-state index contributed by atoms with van der Waals surface area (Å²) in [5, 5.41) is 3.82. The molecule has 192 valence electrons. The summed E-state index contributed by atoms with van der Waals surface area (Å²) in [6.45, 7) is 4.23. The van der Waals surface area contributed by atoms with E-state index in [1.165, 1.54) is 6.07 Å². The van der Waals surface area contributed by atoms with Crippen LogP contribution in [0.15, 0.2) is 54.7 Å². The average Bonchev–Trinajstić information content (AvgIpc) is 2.90. The molecule has 37 heavy (non-hydrogen) atoms. The maximum Gasteiger partial charge on any atom is 0.229 e. The number of para-hydroxylation sites is 1. The summed E-state index contributed by atoms with van der Waals surface area (Å²) < 4.78 is 26.3. The zero-order valence-electron chi connectivity index (χ0n) is 20.9. The van der Waals surface area contributed by atoms with Crippen molar-refractivity contribution in [1.82, 2.24) is 19.9 Å². The van der Waals surface area contributed by atoms with E-state index < -0.39 is 5.82 Å². The van der Waals surface area contributed by atoms with Gasteiger partial charge in [0.2, 0.25) is 5.95 Å². The molecule has 4 aromatic rings. The number of benzene rings is 2. The molecule has 10 heteroatoms. The second-order valence-electron chi connectivity index (χ2n) is 9.06. The number of nitrogens with one attached hydrogen (secondary N) is 1. The molecular weight excluding hydrogens is 473 g/mol. The van der Waals surface area contributed by atoms with E-state index in [1.807, 2.05) is 49.3 Å². The van der Waals surface area contributed by atoms with Gasteiger partial charge in [0.05, 0.1) is 30.6 Å². The third-order valence-electron chi connectivity index (χ3n) is 6.13. The summed E-state index contributed by atoms with van der Waals surface area (Å²) in [4.78, 5) is 17.8. The number of hydrogen-bond donors (Lipinski definition) is 2. The van der Waals surface area contributed by atoms with Crippen molar-refractivity contribution >= 4 is 34.2 Å². The number of fused-ring (bicyclic) bond motifs is 1. The fourth-order valence-electron chi connectivity index (χ4n) is 4.17. The molecule has 1 saturated heterocycles. The van der Waals surface area contributed by atoms with Crippen LogP contribution in [-0.2, 0) is 4.74 Å². The van der Waals surface area contributed by atoms with E-state index in [-0.39, 0.29) is 0 Å². The van der Waals surface area contributed by atoms with Gasteiger partial charge in [0.15, 0.2) is 0 Å². The largest absolute Gasteiger partial charge is 0.492 e. The number of nitrogen functional groups attached to an aromatic ring is 1. The Morgan fingerprint density at radius 1 is 1.08 bits per heavy atom. The minimum Gasteiger partial charge on any atom is -0.492 e. The van der Waals surface area contributed by atoms with Crippen molar-refractivity contribution in [1.29, 1.82) is 0 Å². The lowest BCUT2D eigenvalue weighted by molar-refractivity contribution is 0.122. The number of pyridine rings is 1. The van der Waals surface area contributed by atoms with E-state index in [4.69, 9.17) is 20.2 Å². The zero-order valence-corrected chi connectivity index (χ0v) is 20.9. The Labute approximate surface area is 215 Å². The Morgan fingerprint density at radius 2 is 1.92 bits per heavy atom. The molecule has 2 aromatic heterocycles. The van der Waals surface area contributed by atoms with Crippen LogP contribution >= 0.6 is 0 Å². The second-order valence-corrected chi connectivity index (χ2v) is 9.06. The van der Waals surface area contributed by atoms with Crippen LogP contribution in [0.25, 0.3) is 22.0 Å². The van der Waals surface area contributed by atoms with Gasteiger partial charge in [0.1, 0.15) is 29.8 Å². The van der Waals surface area contributed by atoms with E-state index in [9.17, 15) is 0 Å². The van der Waals surface area contributed by atoms with Crippen molar-refractivity contribution in [2.75, 3.05) is 69.5 Å².